The molecule has 3 heterocycles. The number of piperidine rings is 1. The van der Waals surface area contributed by atoms with Crippen LogP contribution < -0.4 is 10.2 Å². The predicted octanol–water partition coefficient (Wildman–Crippen LogP) is 3.67. The molecule has 2 aliphatic rings. The summed E-state index contributed by atoms with van der Waals surface area (Å²) in [4.78, 5) is 48.0. The number of benzene rings is 1. The van der Waals surface area contributed by atoms with Gasteiger partial charge in [0, 0.05) is 26.2 Å². The van der Waals surface area contributed by atoms with E-state index in [9.17, 15) is 14.4 Å². The summed E-state index contributed by atoms with van der Waals surface area (Å²) in [6.45, 7) is 7.22. The number of fused-ring (bicyclic) bond motifs is 2. The van der Waals surface area contributed by atoms with E-state index in [-0.39, 0.29) is 24.3 Å². The van der Waals surface area contributed by atoms with Gasteiger partial charge < -0.3 is 10.2 Å². The number of para-hydroxylation sites is 1. The summed E-state index contributed by atoms with van der Waals surface area (Å²) in [5.74, 6) is 0.875. The normalized spacial score (nSPS) is 16.3. The lowest BCUT2D eigenvalue weighted by atomic mass is 9.92. The van der Waals surface area contributed by atoms with Gasteiger partial charge in [0.2, 0.25) is 11.8 Å². The third-order valence-electron chi connectivity index (χ3n) is 6.82. The summed E-state index contributed by atoms with van der Waals surface area (Å²) in [5.41, 5.74) is 1.55. The van der Waals surface area contributed by atoms with E-state index in [4.69, 9.17) is 0 Å². The smallest absolute Gasteiger partial charge is 0.257 e. The summed E-state index contributed by atoms with van der Waals surface area (Å²) in [6, 6.07) is 10.7. The molecule has 4 rings (SSSR count). The molecule has 0 radical (unpaired) electrons. The van der Waals surface area contributed by atoms with Crippen molar-refractivity contribution in [1.82, 2.24) is 14.8 Å². The lowest BCUT2D eigenvalue weighted by Crippen LogP contribution is -2.42. The van der Waals surface area contributed by atoms with Crippen molar-refractivity contribution < 1.29 is 14.4 Å². The van der Waals surface area contributed by atoms with Crippen LogP contribution in [0.4, 0.5) is 17.2 Å². The van der Waals surface area contributed by atoms with Crippen molar-refractivity contribution >= 4 is 34.9 Å². The van der Waals surface area contributed by atoms with Gasteiger partial charge in [-0.2, -0.15) is 0 Å². The first-order chi connectivity index (χ1) is 16.5. The molecule has 0 spiro atoms. The molecule has 2 aliphatic heterocycles. The largest absolute Gasteiger partial charge is 0.343 e. The van der Waals surface area contributed by atoms with Crippen molar-refractivity contribution in [2.45, 2.75) is 39.5 Å². The number of likely N-dealkylation sites (tertiary alicyclic amines) is 1. The lowest BCUT2D eigenvalue weighted by Gasteiger charge is -2.33. The fraction of sp³-hybridized carbons (Fsp3) is 0.462. The van der Waals surface area contributed by atoms with E-state index in [0.29, 0.717) is 28.7 Å². The molecule has 8 nitrogen and oxygen atoms in total. The van der Waals surface area contributed by atoms with E-state index >= 15 is 0 Å². The molecule has 1 saturated heterocycles. The minimum absolute atomic E-state index is 0.0950. The standard InChI is InChI=1S/C26H33N5O3/c1-3-30(19(2)32)15-7-8-20-12-16-29(17-13-20)18-24(33)31-23-11-5-4-9-21(23)26(34)28-22-10-6-14-27-25(22)31/h4-6,9-11,14,20H,3,7-8,12-13,15-18H2,1-2H3,(H,28,34). The molecule has 1 N–H and O–H groups in total. The van der Waals surface area contributed by atoms with E-state index in [0.717, 1.165) is 51.9 Å². The lowest BCUT2D eigenvalue weighted by molar-refractivity contribution is -0.128. The van der Waals surface area contributed by atoms with E-state index in [1.165, 1.54) is 0 Å². The number of carbonyl (C=O) groups is 3. The second kappa shape index (κ2) is 10.8. The highest BCUT2D eigenvalue weighted by molar-refractivity contribution is 6.17. The van der Waals surface area contributed by atoms with Crippen LogP contribution in [-0.4, -0.2) is 65.2 Å². The van der Waals surface area contributed by atoms with Crippen molar-refractivity contribution in [3.63, 3.8) is 0 Å². The highest BCUT2D eigenvalue weighted by atomic mass is 16.2. The number of rotatable bonds is 7. The second-order valence-corrected chi connectivity index (χ2v) is 9.04. The Labute approximate surface area is 200 Å². The Morgan fingerprint density at radius 3 is 2.65 bits per heavy atom. The molecule has 2 aromatic rings. The summed E-state index contributed by atoms with van der Waals surface area (Å²) in [6.07, 6.45) is 5.85. The van der Waals surface area contributed by atoms with Crippen LogP contribution in [0.2, 0.25) is 0 Å². The number of carbonyl (C=O) groups excluding carboxylic acids is 3. The molecule has 1 aromatic carbocycles. The Bertz CT molecular complexity index is 1050. The van der Waals surface area contributed by atoms with Crippen molar-refractivity contribution in [2.75, 3.05) is 42.9 Å². The Kier molecular flexibility index (Phi) is 7.57. The number of hydrogen-bond donors (Lipinski definition) is 1. The summed E-state index contributed by atoms with van der Waals surface area (Å²) < 4.78 is 0. The molecule has 0 atom stereocenters. The third-order valence-corrected chi connectivity index (χ3v) is 6.82. The van der Waals surface area contributed by atoms with E-state index in [1.807, 2.05) is 17.9 Å². The minimum atomic E-state index is -0.243. The summed E-state index contributed by atoms with van der Waals surface area (Å²) in [7, 11) is 0. The molecule has 3 amide bonds. The number of aromatic nitrogens is 1. The van der Waals surface area contributed by atoms with E-state index < -0.39 is 0 Å². The number of nitrogens with one attached hydrogen (secondary N) is 1. The molecular formula is C26H33N5O3. The number of pyridine rings is 1. The van der Waals surface area contributed by atoms with Gasteiger partial charge in [-0.3, -0.25) is 24.2 Å². The van der Waals surface area contributed by atoms with Crippen LogP contribution in [0.3, 0.4) is 0 Å². The van der Waals surface area contributed by atoms with Crippen molar-refractivity contribution in [2.24, 2.45) is 5.92 Å². The van der Waals surface area contributed by atoms with Gasteiger partial charge in [0.15, 0.2) is 5.82 Å². The van der Waals surface area contributed by atoms with Gasteiger partial charge in [0.25, 0.3) is 5.91 Å². The summed E-state index contributed by atoms with van der Waals surface area (Å²) in [5, 5.41) is 2.88. The van der Waals surface area contributed by atoms with E-state index in [1.54, 1.807) is 48.4 Å². The first-order valence-electron chi connectivity index (χ1n) is 12.1. The van der Waals surface area contributed by atoms with Gasteiger partial charge in [-0.15, -0.1) is 0 Å². The monoisotopic (exact) mass is 463 g/mol. The average Bonchev–Trinajstić information content (AvgIpc) is 2.96. The Morgan fingerprint density at radius 2 is 1.91 bits per heavy atom. The number of amides is 3. The topological polar surface area (TPSA) is 85.8 Å². The highest BCUT2D eigenvalue weighted by Crippen LogP contribution is 2.36. The first kappa shape index (κ1) is 23.9. The Morgan fingerprint density at radius 1 is 1.15 bits per heavy atom. The molecule has 0 unspecified atom stereocenters. The Balaban J connectivity index is 1.39. The number of hydrogen-bond acceptors (Lipinski definition) is 5. The molecule has 1 aromatic heterocycles. The fourth-order valence-electron chi connectivity index (χ4n) is 4.89. The van der Waals surface area contributed by atoms with E-state index in [2.05, 4.69) is 15.2 Å². The predicted molar refractivity (Wildman–Crippen MR) is 132 cm³/mol. The quantitative estimate of drug-likeness (QED) is 0.677. The van der Waals surface area contributed by atoms with Crippen LogP contribution >= 0.6 is 0 Å². The molecule has 0 saturated carbocycles. The maximum Gasteiger partial charge on any atom is 0.257 e. The van der Waals surface area contributed by atoms with Crippen LogP contribution in [0.1, 0.15) is 49.9 Å². The second-order valence-electron chi connectivity index (χ2n) is 9.04. The van der Waals surface area contributed by atoms with Gasteiger partial charge >= 0.3 is 0 Å². The molecule has 8 heteroatoms. The van der Waals surface area contributed by atoms with Crippen LogP contribution in [0, 0.1) is 5.92 Å². The Hall–Kier alpha value is -3.26. The van der Waals surface area contributed by atoms with Gasteiger partial charge in [-0.05, 0) is 75.9 Å². The zero-order valence-electron chi connectivity index (χ0n) is 20.0. The molecule has 0 bridgehead atoms. The SMILES string of the molecule is CCN(CCCC1CCN(CC(=O)N2c3ccccc3C(=O)Nc3cccnc32)CC1)C(C)=O. The van der Waals surface area contributed by atoms with Gasteiger partial charge in [-0.1, -0.05) is 12.1 Å². The zero-order chi connectivity index (χ0) is 24.1. The molecular weight excluding hydrogens is 430 g/mol. The molecule has 34 heavy (non-hydrogen) atoms. The fourth-order valence-corrected chi connectivity index (χ4v) is 4.89. The van der Waals surface area contributed by atoms with Crippen LogP contribution in [-0.2, 0) is 9.59 Å². The van der Waals surface area contributed by atoms with Crippen molar-refractivity contribution in [3.8, 4) is 0 Å². The van der Waals surface area contributed by atoms with Crippen molar-refractivity contribution in [1.29, 1.82) is 0 Å². The van der Waals surface area contributed by atoms with Crippen LogP contribution in [0.5, 0.6) is 0 Å². The minimum Gasteiger partial charge on any atom is -0.343 e. The maximum atomic E-state index is 13.5. The average molecular weight is 464 g/mol. The van der Waals surface area contributed by atoms with Gasteiger partial charge in [-0.25, -0.2) is 4.98 Å². The maximum absolute atomic E-state index is 13.5. The van der Waals surface area contributed by atoms with Gasteiger partial charge in [0.1, 0.15) is 0 Å². The van der Waals surface area contributed by atoms with Crippen LogP contribution in [0.15, 0.2) is 42.6 Å². The summed E-state index contributed by atoms with van der Waals surface area (Å²) >= 11 is 0. The first-order valence-corrected chi connectivity index (χ1v) is 12.1. The molecule has 0 aliphatic carbocycles. The van der Waals surface area contributed by atoms with Gasteiger partial charge in [0.05, 0.1) is 23.5 Å². The zero-order valence-corrected chi connectivity index (χ0v) is 20.0. The number of nitrogens with zero attached hydrogens (tertiary/aromatic N) is 4. The number of anilines is 3. The highest BCUT2D eigenvalue weighted by Gasteiger charge is 2.31. The van der Waals surface area contributed by atoms with Crippen LogP contribution in [0.25, 0.3) is 0 Å². The molecule has 1 fully saturated rings. The molecule has 180 valence electrons. The third kappa shape index (κ3) is 5.28. The van der Waals surface area contributed by atoms with Crippen molar-refractivity contribution in [3.05, 3.63) is 48.2 Å².